The largest absolute Gasteiger partial charge is 0.465 e. The van der Waals surface area contributed by atoms with Gasteiger partial charge in [-0.25, -0.2) is 9.78 Å². The fourth-order valence-corrected chi connectivity index (χ4v) is 4.89. The molecule has 2 heterocycles. The summed E-state index contributed by atoms with van der Waals surface area (Å²) in [6, 6.07) is 14.0. The number of rotatable bonds is 7. The Hall–Kier alpha value is -4.31. The first-order valence-electron chi connectivity index (χ1n) is 11.6. The number of hydrogen-bond donors (Lipinski definition) is 2. The van der Waals surface area contributed by atoms with Gasteiger partial charge in [0.1, 0.15) is 11.4 Å². The lowest BCUT2D eigenvalue weighted by Gasteiger charge is -2.09. The normalized spacial score (nSPS) is 10.9. The highest BCUT2D eigenvalue weighted by molar-refractivity contribution is 7.20. The van der Waals surface area contributed by atoms with Crippen molar-refractivity contribution in [3.05, 3.63) is 86.8 Å². The molecule has 0 aliphatic carbocycles. The van der Waals surface area contributed by atoms with E-state index in [0.29, 0.717) is 27.7 Å². The van der Waals surface area contributed by atoms with Crippen LogP contribution in [0.15, 0.2) is 59.7 Å². The second kappa shape index (κ2) is 10.8. The minimum atomic E-state index is -0.581. The Morgan fingerprint density at radius 2 is 1.76 bits per heavy atom. The Morgan fingerprint density at radius 1 is 1.05 bits per heavy atom. The fraction of sp³-hybridized carbons (Fsp3) is 0.222. The molecule has 0 atom stereocenters. The molecule has 37 heavy (non-hydrogen) atoms. The average molecular weight is 519 g/mol. The average Bonchev–Trinajstić information content (AvgIpc) is 3.23. The first-order valence-corrected chi connectivity index (χ1v) is 12.4. The van der Waals surface area contributed by atoms with Gasteiger partial charge >= 0.3 is 5.97 Å². The van der Waals surface area contributed by atoms with Crippen LogP contribution in [0.2, 0.25) is 0 Å². The second-order valence-corrected chi connectivity index (χ2v) is 9.73. The SMILES string of the molecule is COC(=O)c1ccccc1NC(=O)c1sc2ncn(CC(=O)Nc3ccc(C(C)C)cc3)c(=O)c2c1C. The van der Waals surface area contributed by atoms with E-state index in [4.69, 9.17) is 4.74 Å². The number of carbonyl (C=O) groups is 3. The van der Waals surface area contributed by atoms with E-state index in [1.165, 1.54) is 18.0 Å². The molecule has 0 bridgehead atoms. The molecule has 190 valence electrons. The van der Waals surface area contributed by atoms with Gasteiger partial charge < -0.3 is 15.4 Å². The molecule has 0 radical (unpaired) electrons. The summed E-state index contributed by atoms with van der Waals surface area (Å²) in [5, 5.41) is 5.78. The van der Waals surface area contributed by atoms with E-state index in [1.54, 1.807) is 31.2 Å². The third kappa shape index (κ3) is 5.44. The number of nitrogens with one attached hydrogen (secondary N) is 2. The van der Waals surface area contributed by atoms with Gasteiger partial charge in [0, 0.05) is 5.69 Å². The molecular weight excluding hydrogens is 492 g/mol. The Kier molecular flexibility index (Phi) is 7.49. The van der Waals surface area contributed by atoms with Crippen LogP contribution in [0.1, 0.15) is 50.9 Å². The van der Waals surface area contributed by atoms with Crippen molar-refractivity contribution in [2.75, 3.05) is 17.7 Å². The van der Waals surface area contributed by atoms with E-state index < -0.39 is 17.4 Å². The number of fused-ring (bicyclic) bond motifs is 1. The predicted octanol–water partition coefficient (Wildman–Crippen LogP) is 4.57. The molecule has 2 aromatic heterocycles. The summed E-state index contributed by atoms with van der Waals surface area (Å²) in [6.07, 6.45) is 1.30. The number of aromatic nitrogens is 2. The van der Waals surface area contributed by atoms with Gasteiger partial charge in [0.25, 0.3) is 11.5 Å². The van der Waals surface area contributed by atoms with Gasteiger partial charge in [-0.2, -0.15) is 0 Å². The summed E-state index contributed by atoms with van der Waals surface area (Å²) < 4.78 is 5.99. The first-order chi connectivity index (χ1) is 17.7. The van der Waals surface area contributed by atoms with Crippen LogP contribution in [0.5, 0.6) is 0 Å². The number of methoxy groups -OCH3 is 1. The van der Waals surface area contributed by atoms with Crippen LogP contribution >= 0.6 is 11.3 Å². The van der Waals surface area contributed by atoms with E-state index >= 15 is 0 Å². The molecule has 0 aliphatic rings. The summed E-state index contributed by atoms with van der Waals surface area (Å²) in [6.45, 7) is 5.61. The Balaban J connectivity index is 1.55. The zero-order valence-corrected chi connectivity index (χ0v) is 21.6. The first kappa shape index (κ1) is 25.8. The zero-order chi connectivity index (χ0) is 26.7. The van der Waals surface area contributed by atoms with Crippen LogP contribution in [-0.2, 0) is 16.1 Å². The number of amides is 2. The number of nitrogens with zero attached hydrogens (tertiary/aromatic N) is 2. The van der Waals surface area contributed by atoms with Crippen molar-refractivity contribution in [2.24, 2.45) is 0 Å². The van der Waals surface area contributed by atoms with Crippen LogP contribution in [-0.4, -0.2) is 34.4 Å². The van der Waals surface area contributed by atoms with Crippen LogP contribution in [0.3, 0.4) is 0 Å². The maximum absolute atomic E-state index is 13.2. The smallest absolute Gasteiger partial charge is 0.339 e. The lowest BCUT2D eigenvalue weighted by molar-refractivity contribution is -0.116. The molecule has 0 fully saturated rings. The van der Waals surface area contributed by atoms with Crippen LogP contribution in [0, 0.1) is 6.92 Å². The van der Waals surface area contributed by atoms with Gasteiger partial charge in [-0.15, -0.1) is 11.3 Å². The zero-order valence-electron chi connectivity index (χ0n) is 20.8. The van der Waals surface area contributed by atoms with E-state index in [0.717, 1.165) is 16.9 Å². The molecule has 10 heteroatoms. The molecule has 0 aliphatic heterocycles. The Labute approximate surface area is 217 Å². The summed E-state index contributed by atoms with van der Waals surface area (Å²) in [4.78, 5) is 55.9. The molecule has 0 spiro atoms. The number of ether oxygens (including phenoxy) is 1. The van der Waals surface area contributed by atoms with Gasteiger partial charge in [0.2, 0.25) is 5.91 Å². The van der Waals surface area contributed by atoms with Crippen molar-refractivity contribution in [2.45, 2.75) is 33.2 Å². The van der Waals surface area contributed by atoms with Gasteiger partial charge in [0.15, 0.2) is 0 Å². The second-order valence-electron chi connectivity index (χ2n) is 8.73. The number of hydrogen-bond acceptors (Lipinski definition) is 7. The molecule has 2 N–H and O–H groups in total. The van der Waals surface area contributed by atoms with E-state index in [2.05, 4.69) is 29.5 Å². The van der Waals surface area contributed by atoms with Crippen molar-refractivity contribution in [1.29, 1.82) is 0 Å². The van der Waals surface area contributed by atoms with Crippen LogP contribution in [0.25, 0.3) is 10.2 Å². The quantitative estimate of drug-likeness (QED) is 0.346. The van der Waals surface area contributed by atoms with Crippen molar-refractivity contribution in [1.82, 2.24) is 9.55 Å². The van der Waals surface area contributed by atoms with Gasteiger partial charge in [-0.3, -0.25) is 19.0 Å². The van der Waals surface area contributed by atoms with Gasteiger partial charge in [0.05, 0.1) is 35.0 Å². The van der Waals surface area contributed by atoms with Crippen molar-refractivity contribution < 1.29 is 19.1 Å². The van der Waals surface area contributed by atoms with Crippen molar-refractivity contribution >= 4 is 50.7 Å². The molecule has 0 saturated heterocycles. The van der Waals surface area contributed by atoms with E-state index in [-0.39, 0.29) is 28.3 Å². The summed E-state index contributed by atoms with van der Waals surface area (Å²) in [7, 11) is 1.26. The van der Waals surface area contributed by atoms with Crippen molar-refractivity contribution in [3.8, 4) is 0 Å². The standard InChI is InChI=1S/C27H26N4O5S/c1-15(2)17-9-11-18(12-10-17)29-21(32)13-31-14-28-25-22(26(31)34)16(3)23(37-25)24(33)30-20-8-6-5-7-19(20)27(35)36-4/h5-12,14-15H,13H2,1-4H3,(H,29,32)(H,30,33). The summed E-state index contributed by atoms with van der Waals surface area (Å²) in [5.41, 5.74) is 2.32. The number of thiophene rings is 1. The Bertz CT molecular complexity index is 1550. The van der Waals surface area contributed by atoms with Crippen LogP contribution in [0.4, 0.5) is 11.4 Å². The third-order valence-corrected chi connectivity index (χ3v) is 7.08. The number of esters is 1. The third-order valence-electron chi connectivity index (χ3n) is 5.88. The number of carbonyl (C=O) groups excluding carboxylic acids is 3. The Morgan fingerprint density at radius 3 is 2.43 bits per heavy atom. The monoisotopic (exact) mass is 518 g/mol. The summed E-state index contributed by atoms with van der Waals surface area (Å²) in [5.74, 6) is -1.05. The van der Waals surface area contributed by atoms with Gasteiger partial charge in [-0.05, 0) is 48.2 Å². The predicted molar refractivity (Wildman–Crippen MR) is 144 cm³/mol. The lowest BCUT2D eigenvalue weighted by atomic mass is 10.0. The number of para-hydroxylation sites is 1. The minimum absolute atomic E-state index is 0.211. The molecule has 4 rings (SSSR count). The van der Waals surface area contributed by atoms with Gasteiger partial charge in [-0.1, -0.05) is 38.1 Å². The minimum Gasteiger partial charge on any atom is -0.465 e. The number of benzene rings is 2. The lowest BCUT2D eigenvalue weighted by Crippen LogP contribution is -2.28. The highest BCUT2D eigenvalue weighted by Crippen LogP contribution is 2.28. The summed E-state index contributed by atoms with van der Waals surface area (Å²) >= 11 is 1.07. The number of aryl methyl sites for hydroxylation is 1. The number of anilines is 2. The molecule has 2 amide bonds. The molecule has 0 unspecified atom stereocenters. The van der Waals surface area contributed by atoms with E-state index in [1.807, 2.05) is 24.3 Å². The highest BCUT2D eigenvalue weighted by atomic mass is 32.1. The van der Waals surface area contributed by atoms with Crippen molar-refractivity contribution in [3.63, 3.8) is 0 Å². The molecule has 9 nitrogen and oxygen atoms in total. The maximum atomic E-state index is 13.2. The fourth-order valence-electron chi connectivity index (χ4n) is 3.85. The molecule has 0 saturated carbocycles. The van der Waals surface area contributed by atoms with Crippen LogP contribution < -0.4 is 16.2 Å². The molecular formula is C27H26N4O5S. The van der Waals surface area contributed by atoms with E-state index in [9.17, 15) is 19.2 Å². The topological polar surface area (TPSA) is 119 Å². The highest BCUT2D eigenvalue weighted by Gasteiger charge is 2.22. The molecule has 2 aromatic carbocycles. The molecule has 4 aromatic rings. The maximum Gasteiger partial charge on any atom is 0.339 e.